The van der Waals surface area contributed by atoms with Gasteiger partial charge in [-0.2, -0.15) is 0 Å². The van der Waals surface area contributed by atoms with Crippen molar-refractivity contribution in [1.82, 2.24) is 0 Å². The van der Waals surface area contributed by atoms with E-state index in [0.717, 1.165) is 31.2 Å². The molecule has 0 aromatic heterocycles. The summed E-state index contributed by atoms with van der Waals surface area (Å²) in [5.41, 5.74) is 7.79. The Morgan fingerprint density at radius 1 is 1.21 bits per heavy atom. The summed E-state index contributed by atoms with van der Waals surface area (Å²) in [5, 5.41) is 0. The average molecular weight is 265 g/mol. The molecule has 106 valence electrons. The van der Waals surface area contributed by atoms with E-state index in [1.54, 1.807) is 20.1 Å². The minimum absolute atomic E-state index is 0.178. The fourth-order valence-electron chi connectivity index (χ4n) is 3.13. The molecule has 1 fully saturated rings. The molecule has 1 unspecified atom stereocenters. The lowest BCUT2D eigenvalue weighted by Crippen LogP contribution is -2.42. The van der Waals surface area contributed by atoms with E-state index in [0.29, 0.717) is 5.56 Å². The van der Waals surface area contributed by atoms with E-state index in [9.17, 15) is 4.39 Å². The number of ether oxygens (including phenoxy) is 1. The molecule has 1 atom stereocenters. The molecule has 19 heavy (non-hydrogen) atoms. The van der Waals surface area contributed by atoms with Crippen LogP contribution in [0.15, 0.2) is 18.2 Å². The van der Waals surface area contributed by atoms with Gasteiger partial charge in [-0.25, -0.2) is 4.39 Å². The molecular formula is C16H24FNO. The SMILES string of the molecule is COC1(C(N)c2ccc(F)c(C)c2)CCCCCC1. The molecule has 3 heteroatoms. The molecule has 0 radical (unpaired) electrons. The first-order chi connectivity index (χ1) is 9.09. The van der Waals surface area contributed by atoms with Gasteiger partial charge in [-0.05, 0) is 37.0 Å². The normalized spacial score (nSPS) is 20.8. The highest BCUT2D eigenvalue weighted by atomic mass is 19.1. The molecule has 0 heterocycles. The summed E-state index contributed by atoms with van der Waals surface area (Å²) >= 11 is 0. The van der Waals surface area contributed by atoms with Crippen LogP contribution >= 0.6 is 0 Å². The van der Waals surface area contributed by atoms with Crippen molar-refractivity contribution in [2.45, 2.75) is 57.1 Å². The van der Waals surface area contributed by atoms with Gasteiger partial charge in [-0.1, -0.05) is 37.8 Å². The van der Waals surface area contributed by atoms with Crippen LogP contribution in [0.3, 0.4) is 0 Å². The van der Waals surface area contributed by atoms with Gasteiger partial charge in [0.05, 0.1) is 11.6 Å². The molecule has 2 N–H and O–H groups in total. The number of nitrogens with two attached hydrogens (primary N) is 1. The number of rotatable bonds is 3. The maximum Gasteiger partial charge on any atom is 0.126 e. The van der Waals surface area contributed by atoms with E-state index in [2.05, 4.69) is 0 Å². The van der Waals surface area contributed by atoms with E-state index in [1.165, 1.54) is 18.9 Å². The van der Waals surface area contributed by atoms with Crippen LogP contribution in [0.25, 0.3) is 0 Å². The smallest absolute Gasteiger partial charge is 0.126 e. The Kier molecular flexibility index (Phi) is 4.58. The Morgan fingerprint density at radius 2 is 1.84 bits per heavy atom. The summed E-state index contributed by atoms with van der Waals surface area (Å²) < 4.78 is 19.2. The maximum absolute atomic E-state index is 13.4. The summed E-state index contributed by atoms with van der Waals surface area (Å²) in [6.45, 7) is 1.78. The molecule has 0 bridgehead atoms. The largest absolute Gasteiger partial charge is 0.376 e. The highest BCUT2D eigenvalue weighted by Gasteiger charge is 2.38. The lowest BCUT2D eigenvalue weighted by molar-refractivity contribution is -0.0442. The van der Waals surface area contributed by atoms with Gasteiger partial charge in [-0.3, -0.25) is 0 Å². The first kappa shape index (κ1) is 14.5. The van der Waals surface area contributed by atoms with Crippen LogP contribution in [0.2, 0.25) is 0 Å². The van der Waals surface area contributed by atoms with E-state index in [1.807, 2.05) is 6.07 Å². The lowest BCUT2D eigenvalue weighted by atomic mass is 9.82. The zero-order valence-electron chi connectivity index (χ0n) is 11.9. The second kappa shape index (κ2) is 6.02. The van der Waals surface area contributed by atoms with E-state index in [-0.39, 0.29) is 17.5 Å². The topological polar surface area (TPSA) is 35.2 Å². The van der Waals surface area contributed by atoms with Crippen molar-refractivity contribution in [2.75, 3.05) is 7.11 Å². The van der Waals surface area contributed by atoms with Crippen LogP contribution in [0.4, 0.5) is 4.39 Å². The van der Waals surface area contributed by atoms with Gasteiger partial charge in [0, 0.05) is 7.11 Å². The van der Waals surface area contributed by atoms with Crippen molar-refractivity contribution in [3.8, 4) is 0 Å². The standard InChI is InChI=1S/C16H24FNO/c1-12-11-13(7-8-14(12)17)15(18)16(19-2)9-5-3-4-6-10-16/h7-8,11,15H,3-6,9-10,18H2,1-2H3. The number of methoxy groups -OCH3 is 1. The maximum atomic E-state index is 13.4. The second-order valence-electron chi connectivity index (χ2n) is 5.67. The van der Waals surface area contributed by atoms with Crippen molar-refractivity contribution in [2.24, 2.45) is 5.73 Å². The molecule has 2 rings (SSSR count). The fraction of sp³-hybridized carbons (Fsp3) is 0.625. The molecule has 0 spiro atoms. The Bertz CT molecular complexity index is 425. The van der Waals surface area contributed by atoms with Crippen molar-refractivity contribution >= 4 is 0 Å². The van der Waals surface area contributed by atoms with Crippen molar-refractivity contribution in [3.05, 3.63) is 35.1 Å². The molecule has 0 aliphatic heterocycles. The number of benzene rings is 1. The Morgan fingerprint density at radius 3 is 2.37 bits per heavy atom. The van der Waals surface area contributed by atoms with Gasteiger partial charge in [0.25, 0.3) is 0 Å². The molecule has 1 aromatic rings. The average Bonchev–Trinajstić information content (AvgIpc) is 2.67. The third-order valence-electron chi connectivity index (χ3n) is 4.46. The summed E-state index contributed by atoms with van der Waals surface area (Å²) in [6.07, 6.45) is 6.78. The predicted molar refractivity (Wildman–Crippen MR) is 75.5 cm³/mol. The van der Waals surface area contributed by atoms with Crippen LogP contribution in [-0.4, -0.2) is 12.7 Å². The number of hydrogen-bond donors (Lipinski definition) is 1. The van der Waals surface area contributed by atoms with Crippen molar-refractivity contribution < 1.29 is 9.13 Å². The van der Waals surface area contributed by atoms with Crippen LogP contribution in [0.5, 0.6) is 0 Å². The predicted octanol–water partition coefficient (Wildman–Crippen LogP) is 3.87. The highest BCUT2D eigenvalue weighted by Crippen LogP contribution is 2.39. The van der Waals surface area contributed by atoms with Crippen LogP contribution < -0.4 is 5.73 Å². The summed E-state index contributed by atoms with van der Waals surface area (Å²) in [7, 11) is 1.75. The van der Waals surface area contributed by atoms with Gasteiger partial charge >= 0.3 is 0 Å². The third-order valence-corrected chi connectivity index (χ3v) is 4.46. The molecule has 1 saturated carbocycles. The number of aryl methyl sites for hydroxylation is 1. The van der Waals surface area contributed by atoms with Crippen LogP contribution in [0.1, 0.15) is 55.7 Å². The summed E-state index contributed by atoms with van der Waals surface area (Å²) in [4.78, 5) is 0. The second-order valence-corrected chi connectivity index (χ2v) is 5.67. The zero-order chi connectivity index (χ0) is 13.9. The highest BCUT2D eigenvalue weighted by molar-refractivity contribution is 5.28. The first-order valence-corrected chi connectivity index (χ1v) is 7.16. The van der Waals surface area contributed by atoms with Gasteiger partial charge in [0.15, 0.2) is 0 Å². The minimum Gasteiger partial charge on any atom is -0.376 e. The summed E-state index contributed by atoms with van der Waals surface area (Å²) in [6, 6.07) is 4.96. The Balaban J connectivity index is 2.28. The molecule has 1 aromatic carbocycles. The lowest BCUT2D eigenvalue weighted by Gasteiger charge is -2.37. The zero-order valence-corrected chi connectivity index (χ0v) is 11.9. The number of halogens is 1. The van der Waals surface area contributed by atoms with E-state index >= 15 is 0 Å². The Labute approximate surface area is 115 Å². The van der Waals surface area contributed by atoms with Gasteiger partial charge < -0.3 is 10.5 Å². The Hall–Kier alpha value is -0.930. The minimum atomic E-state index is -0.291. The molecule has 0 amide bonds. The molecule has 0 saturated heterocycles. The quantitative estimate of drug-likeness (QED) is 0.842. The molecule has 2 nitrogen and oxygen atoms in total. The first-order valence-electron chi connectivity index (χ1n) is 7.16. The summed E-state index contributed by atoms with van der Waals surface area (Å²) in [5.74, 6) is -0.178. The monoisotopic (exact) mass is 265 g/mol. The van der Waals surface area contributed by atoms with Crippen molar-refractivity contribution in [3.63, 3.8) is 0 Å². The fourth-order valence-corrected chi connectivity index (χ4v) is 3.13. The van der Waals surface area contributed by atoms with Gasteiger partial charge in [-0.15, -0.1) is 0 Å². The molecular weight excluding hydrogens is 241 g/mol. The van der Waals surface area contributed by atoms with Crippen LogP contribution in [-0.2, 0) is 4.74 Å². The molecule has 1 aliphatic rings. The van der Waals surface area contributed by atoms with E-state index < -0.39 is 0 Å². The van der Waals surface area contributed by atoms with E-state index in [4.69, 9.17) is 10.5 Å². The van der Waals surface area contributed by atoms with Gasteiger partial charge in [0.2, 0.25) is 0 Å². The number of hydrogen-bond acceptors (Lipinski definition) is 2. The van der Waals surface area contributed by atoms with Crippen LogP contribution in [0, 0.1) is 12.7 Å². The molecule has 1 aliphatic carbocycles. The van der Waals surface area contributed by atoms with Crippen molar-refractivity contribution in [1.29, 1.82) is 0 Å². The third kappa shape index (κ3) is 2.98. The van der Waals surface area contributed by atoms with Gasteiger partial charge in [0.1, 0.15) is 5.82 Å².